The van der Waals surface area contributed by atoms with Gasteiger partial charge in [-0.15, -0.1) is 20.5 Å². The Morgan fingerprint density at radius 1 is 0.670 bits per heavy atom. The number of ether oxygens (including phenoxy) is 2. The Labute approximate surface area is 509 Å². The summed E-state index contributed by atoms with van der Waals surface area (Å²) in [6.45, 7) is 22.1. The van der Waals surface area contributed by atoms with Crippen molar-refractivity contribution in [2.24, 2.45) is 20.5 Å². The molecule has 3 aliphatic heterocycles. The molecule has 0 saturated carbocycles. The van der Waals surface area contributed by atoms with Crippen LogP contribution in [0, 0.1) is 20.2 Å². The number of esters is 1. The van der Waals surface area contributed by atoms with E-state index in [1.54, 1.807) is 0 Å². The van der Waals surface area contributed by atoms with Gasteiger partial charge in [-0.25, -0.2) is 19.0 Å². The molecular weight excluding hydrogens is 1190 g/mol. The number of phenolic OH excluding ortho intramolecular Hbond substituents is 2. The van der Waals surface area contributed by atoms with Gasteiger partial charge >= 0.3 is 17.3 Å². The molecule has 0 bridgehead atoms. The van der Waals surface area contributed by atoms with Crippen molar-refractivity contribution in [2.45, 2.75) is 86.2 Å². The van der Waals surface area contributed by atoms with Crippen LogP contribution < -0.4 is 47.3 Å². The number of phenols is 2. The third-order valence-corrected chi connectivity index (χ3v) is 14.3. The van der Waals surface area contributed by atoms with Crippen molar-refractivity contribution >= 4 is 62.5 Å². The number of rotatable bonds is 13. The summed E-state index contributed by atoms with van der Waals surface area (Å²) >= 11 is 0. The number of carbonyl (C=O) groups excluding carboxylic acids is 1. The minimum atomic E-state index is -0.985. The van der Waals surface area contributed by atoms with Crippen molar-refractivity contribution in [3.63, 3.8) is 0 Å². The Morgan fingerprint density at radius 2 is 1.22 bits per heavy atom. The number of carbonyl (C=O) groups is 1. The Bertz CT molecular complexity index is 4340. The molecule has 5 aromatic carbocycles. The number of anilines is 1. The van der Waals surface area contributed by atoms with Crippen LogP contribution in [-0.4, -0.2) is 87.0 Å². The number of nitro benzene ring substituents is 2. The molecule has 28 heteroatoms. The predicted molar refractivity (Wildman–Crippen MR) is 322 cm³/mol. The summed E-state index contributed by atoms with van der Waals surface area (Å²) in [6.07, 6.45) is 6.52. The van der Waals surface area contributed by atoms with Crippen LogP contribution in [0.4, 0.5) is 39.8 Å². The summed E-state index contributed by atoms with van der Waals surface area (Å²) in [5, 5.41) is 74.7. The van der Waals surface area contributed by atoms with Crippen molar-refractivity contribution in [1.82, 2.24) is 24.5 Å². The van der Waals surface area contributed by atoms with Gasteiger partial charge in [0.2, 0.25) is 28.5 Å². The summed E-state index contributed by atoms with van der Waals surface area (Å²) in [6, 6.07) is 22.9. The van der Waals surface area contributed by atoms with Gasteiger partial charge in [-0.1, -0.05) is 37.6 Å². The molecule has 0 unspecified atom stereocenters. The maximum Gasteiger partial charge on any atom is 0.338 e. The first-order valence-electron chi connectivity index (χ1n) is 27.2. The van der Waals surface area contributed by atoms with Gasteiger partial charge in [0.25, 0.3) is 22.5 Å². The molecule has 27 nitrogen and oxygen atoms in total. The van der Waals surface area contributed by atoms with Gasteiger partial charge in [-0.2, -0.15) is 0 Å². The number of nitrogens with zero attached hydrogens (tertiary/aromatic N) is 8. The van der Waals surface area contributed by atoms with E-state index in [-0.39, 0.29) is 56.6 Å². The molecule has 0 atom stereocenters. The van der Waals surface area contributed by atoms with Gasteiger partial charge in [0, 0.05) is 88.5 Å². The average molecular weight is 1250 g/mol. The number of aromatic hydroxyl groups is 4. The topological polar surface area (TPSA) is 390 Å². The minimum absolute atomic E-state index is 0. The van der Waals surface area contributed by atoms with E-state index in [9.17, 15) is 64.6 Å². The molecule has 8 N–H and O–H groups in total. The molecule has 0 aliphatic carbocycles. The standard InChI is InChI=1S/C40H47N2O3.2C10H7N5O6.Co/c1-10-13-18-44-38(43)28-17-15-14-16-27(28)37-31-19-29-25(4)23-39(6,7)41(11-2)33(29)21-35(31)45-36-22-34-30(20-32(36)37)26(5)24-40(8,9)42(34)12-3;2*16-6-3-4(15(20)21)1-2-5(6)13-14-7-8(17)11-10(19)12-9(7)18;/h14-17,19-24H,10-13,18H2,1-9H3;2*1-3,16H,(H3,11,12,17,18,19);/q+1;;;. The van der Waals surface area contributed by atoms with Crippen LogP contribution in [0.5, 0.6) is 34.8 Å². The number of nitrogens with one attached hydrogen (secondary N) is 4. The SMILES string of the molecule is CCCCOC(=O)c1ccccc1C1=c2cc3c(cc2Oc2cc4c(cc21)C(C)=CC(C)(C)N4CC)=[N+](CC)C(C)(C)C=C3C.O=c1[nH]c(O)c(N=Nc2ccc([N+](=O)[O-])cc2O)c(=O)[nH]1.O=c1[nH]c(O)c(N=Nc2ccc([N+](=O)[O-])cc2O)c(=O)[nH]1.[Co]. The second-order valence-corrected chi connectivity index (χ2v) is 21.2. The Balaban J connectivity index is 0.000000214. The van der Waals surface area contributed by atoms with E-state index >= 15 is 0 Å². The van der Waals surface area contributed by atoms with Crippen LogP contribution in [-0.2, 0) is 21.5 Å². The van der Waals surface area contributed by atoms with E-state index in [1.807, 2.05) is 38.1 Å². The zero-order chi connectivity index (χ0) is 63.4. The fourth-order valence-corrected chi connectivity index (χ4v) is 10.5. The molecule has 3 aliphatic rings. The number of azo groups is 2. The summed E-state index contributed by atoms with van der Waals surface area (Å²) in [5.74, 6) is -1.34. The van der Waals surface area contributed by atoms with Gasteiger partial charge in [-0.3, -0.25) is 49.8 Å². The number of aromatic amines is 4. The zero-order valence-corrected chi connectivity index (χ0v) is 50.0. The second kappa shape index (κ2) is 26.3. The number of allylic oxidation sites excluding steroid dienone is 2. The third kappa shape index (κ3) is 13.6. The van der Waals surface area contributed by atoms with Crippen molar-refractivity contribution in [3.05, 3.63) is 197 Å². The average Bonchev–Trinajstić information content (AvgIpc) is 1.51. The Hall–Kier alpha value is -10.6. The van der Waals surface area contributed by atoms with Crippen LogP contribution >= 0.6 is 0 Å². The van der Waals surface area contributed by atoms with Gasteiger partial charge in [0.15, 0.2) is 5.54 Å². The van der Waals surface area contributed by atoms with Gasteiger partial charge < -0.3 is 34.8 Å². The zero-order valence-electron chi connectivity index (χ0n) is 49.0. The van der Waals surface area contributed by atoms with Gasteiger partial charge in [-0.05, 0) is 101 Å². The Kier molecular flexibility index (Phi) is 19.4. The van der Waals surface area contributed by atoms with Crippen molar-refractivity contribution in [2.75, 3.05) is 24.6 Å². The number of non-ortho nitro benzene ring substituents is 2. The number of nitro groups is 2. The number of likely N-dealkylation sites (N-methyl/N-ethyl adjacent to an activating group) is 2. The molecule has 7 aromatic rings. The number of hydrogen-bond donors (Lipinski definition) is 8. The van der Waals surface area contributed by atoms with E-state index in [0.717, 1.165) is 95.7 Å². The van der Waals surface area contributed by atoms with E-state index in [4.69, 9.17) is 9.47 Å². The third-order valence-electron chi connectivity index (χ3n) is 14.3. The smallest absolute Gasteiger partial charge is 0.338 e. The number of benzene rings is 5. The molecule has 0 spiro atoms. The van der Waals surface area contributed by atoms with E-state index < -0.39 is 67.0 Å². The minimum Gasteiger partial charge on any atom is -0.505 e. The first-order valence-corrected chi connectivity index (χ1v) is 27.2. The van der Waals surface area contributed by atoms with E-state index in [2.05, 4.69) is 135 Å². The molecule has 88 heavy (non-hydrogen) atoms. The van der Waals surface area contributed by atoms with E-state index in [1.165, 1.54) is 33.3 Å². The summed E-state index contributed by atoms with van der Waals surface area (Å²) in [4.78, 5) is 87.5. The number of aromatic nitrogens is 4. The largest absolute Gasteiger partial charge is 0.505 e. The number of unbranched alkanes of at least 4 members (excludes halogenated alkanes) is 1. The maximum atomic E-state index is 13.6. The fraction of sp³-hybridized carbons (Fsp3) is 0.267. The molecule has 5 heterocycles. The molecule has 459 valence electrons. The van der Waals surface area contributed by atoms with Crippen LogP contribution in [0.15, 0.2) is 137 Å². The first-order chi connectivity index (χ1) is 41.2. The van der Waals surface area contributed by atoms with Gasteiger partial charge in [0.05, 0.1) is 45.8 Å². The monoisotopic (exact) mass is 1250 g/mol. The summed E-state index contributed by atoms with van der Waals surface area (Å²) in [5.41, 5.74) is 3.23. The number of H-pyrrole nitrogens is 4. The molecular formula is C60H61CoN12O15+. The maximum absolute atomic E-state index is 13.6. The van der Waals surface area contributed by atoms with Crippen molar-refractivity contribution in [3.8, 4) is 34.8 Å². The van der Waals surface area contributed by atoms with Gasteiger partial charge in [0.1, 0.15) is 40.9 Å². The fourth-order valence-electron chi connectivity index (χ4n) is 10.5. The summed E-state index contributed by atoms with van der Waals surface area (Å²) < 4.78 is 15.1. The number of hydrogen-bond acceptors (Lipinski definition) is 20. The van der Waals surface area contributed by atoms with Crippen LogP contribution in [0.25, 0.3) is 16.7 Å². The summed E-state index contributed by atoms with van der Waals surface area (Å²) in [7, 11) is 0. The number of fused-ring (bicyclic) bond motifs is 4. The quantitative estimate of drug-likeness (QED) is 0.0133. The van der Waals surface area contributed by atoms with Crippen molar-refractivity contribution < 1.29 is 61.3 Å². The molecule has 10 rings (SSSR count). The van der Waals surface area contributed by atoms with Crippen LogP contribution in [0.1, 0.15) is 108 Å². The van der Waals surface area contributed by atoms with Crippen LogP contribution in [0.2, 0.25) is 0 Å². The molecule has 0 amide bonds. The predicted octanol–water partition coefficient (Wildman–Crippen LogP) is 9.32. The first kappa shape index (κ1) is 64.9. The second-order valence-electron chi connectivity index (χ2n) is 21.2. The molecule has 2 aromatic heterocycles. The molecule has 0 fully saturated rings. The molecule has 0 saturated heterocycles. The Morgan fingerprint density at radius 3 is 1.72 bits per heavy atom. The normalized spacial score (nSPS) is 14.0. The van der Waals surface area contributed by atoms with Crippen molar-refractivity contribution in [1.29, 1.82) is 0 Å². The van der Waals surface area contributed by atoms with Crippen LogP contribution in [0.3, 0.4) is 0 Å². The van der Waals surface area contributed by atoms with E-state index in [0.29, 0.717) is 12.2 Å². The molecule has 1 radical (unpaired) electrons.